The minimum atomic E-state index is -2.87. The van der Waals surface area contributed by atoms with E-state index in [0.29, 0.717) is 18.8 Å². The van der Waals surface area contributed by atoms with Crippen molar-refractivity contribution in [1.82, 2.24) is 4.90 Å². The van der Waals surface area contributed by atoms with Gasteiger partial charge in [-0.05, 0) is 24.3 Å². The van der Waals surface area contributed by atoms with E-state index >= 15 is 0 Å². The van der Waals surface area contributed by atoms with Gasteiger partial charge < -0.3 is 14.5 Å². The second-order valence-electron chi connectivity index (χ2n) is 6.38. The first-order valence-electron chi connectivity index (χ1n) is 8.14. The molecule has 0 radical (unpaired) electrons. The molecule has 1 amide bonds. The molecule has 0 saturated carbocycles. The maximum Gasteiger partial charge on any atom is 0.260 e. The van der Waals surface area contributed by atoms with Crippen LogP contribution in [0.3, 0.4) is 0 Å². The van der Waals surface area contributed by atoms with Crippen molar-refractivity contribution < 1.29 is 27.2 Å². The average molecular weight is 357 g/mol. The Morgan fingerprint density at radius 3 is 2.50 bits per heavy atom. The lowest BCUT2D eigenvalue weighted by Crippen LogP contribution is -3.18. The molecule has 0 spiro atoms. The molecule has 1 N–H and O–H groups in total. The highest BCUT2D eigenvalue weighted by Crippen LogP contribution is 2.12. The van der Waals surface area contributed by atoms with Gasteiger partial charge in [-0.1, -0.05) is 0 Å². The summed E-state index contributed by atoms with van der Waals surface area (Å²) in [5.74, 6) is 0.573. The topological polar surface area (TPSA) is 68.1 Å². The van der Waals surface area contributed by atoms with Gasteiger partial charge in [-0.3, -0.25) is 4.79 Å². The van der Waals surface area contributed by atoms with Gasteiger partial charge in [0.2, 0.25) is 0 Å². The number of hydrogen-bond acceptors (Lipinski definition) is 4. The third kappa shape index (κ3) is 4.24. The molecule has 1 aromatic carbocycles. The minimum Gasteiger partial charge on any atom is -0.484 e. The number of piperazine rings is 1. The Labute approximate surface area is 141 Å². The van der Waals surface area contributed by atoms with Crippen molar-refractivity contribution in [3.05, 3.63) is 30.1 Å². The Morgan fingerprint density at radius 2 is 1.92 bits per heavy atom. The highest BCUT2D eigenvalue weighted by atomic mass is 32.2. The minimum absolute atomic E-state index is 0.0707. The van der Waals surface area contributed by atoms with Crippen LogP contribution in [0.4, 0.5) is 4.39 Å². The maximum atomic E-state index is 12.8. The number of quaternary nitrogens is 1. The van der Waals surface area contributed by atoms with Gasteiger partial charge in [0.15, 0.2) is 16.4 Å². The molecule has 0 bridgehead atoms. The third-order valence-electron chi connectivity index (χ3n) is 4.74. The molecule has 6 nitrogen and oxygen atoms in total. The zero-order chi connectivity index (χ0) is 17.2. The number of nitrogens with zero attached hydrogens (tertiary/aromatic N) is 1. The standard InChI is InChI=1S/C16H21FN2O4S/c17-13-1-3-15(4-2-13)23-11-16(20)19-8-6-18(7-9-19)14-5-10-24(21,22)12-14/h1-4,14H,5-12H2/p+1/t14-/m0/s1. The lowest BCUT2D eigenvalue weighted by molar-refractivity contribution is -0.925. The predicted octanol–water partition coefficient (Wildman–Crippen LogP) is -0.881. The number of nitrogens with one attached hydrogen (secondary N) is 1. The number of sulfone groups is 1. The molecular weight excluding hydrogens is 335 g/mol. The molecule has 0 aliphatic carbocycles. The Kier molecular flexibility index (Phi) is 5.05. The molecule has 24 heavy (non-hydrogen) atoms. The maximum absolute atomic E-state index is 12.8. The van der Waals surface area contributed by atoms with Gasteiger partial charge in [0.1, 0.15) is 23.4 Å². The monoisotopic (exact) mass is 357 g/mol. The number of carbonyl (C=O) groups is 1. The van der Waals surface area contributed by atoms with E-state index in [4.69, 9.17) is 4.74 Å². The molecule has 1 aromatic rings. The van der Waals surface area contributed by atoms with Crippen LogP contribution in [-0.2, 0) is 14.6 Å². The number of carbonyl (C=O) groups excluding carboxylic acids is 1. The summed E-state index contributed by atoms with van der Waals surface area (Å²) in [6.07, 6.45) is 0.722. The average Bonchev–Trinajstić information content (AvgIpc) is 2.94. The van der Waals surface area contributed by atoms with Gasteiger partial charge >= 0.3 is 0 Å². The molecule has 0 aromatic heterocycles. The zero-order valence-corrected chi connectivity index (χ0v) is 14.2. The summed E-state index contributed by atoms with van der Waals surface area (Å²) in [6, 6.07) is 5.73. The van der Waals surface area contributed by atoms with Crippen molar-refractivity contribution >= 4 is 15.7 Å². The number of benzene rings is 1. The summed E-state index contributed by atoms with van der Waals surface area (Å²) in [4.78, 5) is 15.2. The van der Waals surface area contributed by atoms with Crippen LogP contribution in [0.15, 0.2) is 24.3 Å². The molecule has 2 saturated heterocycles. The quantitative estimate of drug-likeness (QED) is 0.760. The van der Waals surface area contributed by atoms with Gasteiger partial charge in [0, 0.05) is 6.42 Å². The Hall–Kier alpha value is -1.67. The van der Waals surface area contributed by atoms with Crippen LogP contribution in [0.25, 0.3) is 0 Å². The second kappa shape index (κ2) is 7.06. The van der Waals surface area contributed by atoms with Crippen molar-refractivity contribution in [3.63, 3.8) is 0 Å². The van der Waals surface area contributed by atoms with Gasteiger partial charge in [-0.25, -0.2) is 12.8 Å². The molecule has 8 heteroatoms. The molecule has 3 rings (SSSR count). The van der Waals surface area contributed by atoms with Crippen molar-refractivity contribution in [1.29, 1.82) is 0 Å². The summed E-state index contributed by atoms with van der Waals surface area (Å²) < 4.78 is 41.4. The molecule has 132 valence electrons. The fourth-order valence-electron chi connectivity index (χ4n) is 3.34. The van der Waals surface area contributed by atoms with Gasteiger partial charge in [0.25, 0.3) is 5.91 Å². The van der Waals surface area contributed by atoms with Crippen LogP contribution in [0.5, 0.6) is 5.75 Å². The van der Waals surface area contributed by atoms with Crippen molar-refractivity contribution in [3.8, 4) is 5.75 Å². The van der Waals surface area contributed by atoms with Crippen LogP contribution >= 0.6 is 0 Å². The summed E-state index contributed by atoms with van der Waals surface area (Å²) in [5.41, 5.74) is 0. The number of halogens is 1. The molecule has 1 atom stereocenters. The van der Waals surface area contributed by atoms with Crippen LogP contribution in [-0.4, -0.2) is 69.6 Å². The van der Waals surface area contributed by atoms with E-state index in [1.165, 1.54) is 29.2 Å². The first-order chi connectivity index (χ1) is 11.4. The predicted molar refractivity (Wildman–Crippen MR) is 86.2 cm³/mol. The summed E-state index contributed by atoms with van der Waals surface area (Å²) in [7, 11) is -2.87. The Bertz CT molecular complexity index is 685. The fraction of sp³-hybridized carbons (Fsp3) is 0.562. The van der Waals surface area contributed by atoms with Crippen molar-refractivity contribution in [2.24, 2.45) is 0 Å². The van der Waals surface area contributed by atoms with Gasteiger partial charge in [-0.15, -0.1) is 0 Å². The number of hydrogen-bond donors (Lipinski definition) is 1. The van der Waals surface area contributed by atoms with Crippen LogP contribution in [0.1, 0.15) is 6.42 Å². The Morgan fingerprint density at radius 1 is 1.25 bits per heavy atom. The lowest BCUT2D eigenvalue weighted by atomic mass is 10.2. The first-order valence-corrected chi connectivity index (χ1v) is 9.96. The van der Waals surface area contributed by atoms with Crippen LogP contribution in [0.2, 0.25) is 0 Å². The van der Waals surface area contributed by atoms with Gasteiger partial charge in [-0.2, -0.15) is 0 Å². The molecule has 2 fully saturated rings. The molecule has 2 aliphatic heterocycles. The molecule has 2 heterocycles. The van der Waals surface area contributed by atoms with E-state index in [-0.39, 0.29) is 35.9 Å². The SMILES string of the molecule is O=C(COc1ccc(F)cc1)N1CC[NH+]([C@H]2CCS(=O)(=O)C2)CC1. The smallest absolute Gasteiger partial charge is 0.260 e. The summed E-state index contributed by atoms with van der Waals surface area (Å²) >= 11 is 0. The molecule has 0 unspecified atom stereocenters. The van der Waals surface area contributed by atoms with E-state index in [0.717, 1.165) is 19.5 Å². The number of amides is 1. The van der Waals surface area contributed by atoms with E-state index in [1.54, 1.807) is 4.90 Å². The number of ether oxygens (including phenoxy) is 1. The number of rotatable bonds is 4. The lowest BCUT2D eigenvalue weighted by Gasteiger charge is -2.34. The Balaban J connectivity index is 1.44. The van der Waals surface area contributed by atoms with E-state index in [1.807, 2.05) is 0 Å². The summed E-state index contributed by atoms with van der Waals surface area (Å²) in [5, 5.41) is 0. The van der Waals surface area contributed by atoms with Gasteiger partial charge in [0.05, 0.1) is 31.9 Å². The highest BCUT2D eigenvalue weighted by molar-refractivity contribution is 7.91. The van der Waals surface area contributed by atoms with Crippen LogP contribution in [0, 0.1) is 5.82 Å². The normalized spacial score (nSPS) is 24.0. The van der Waals surface area contributed by atoms with Crippen LogP contribution < -0.4 is 9.64 Å². The zero-order valence-electron chi connectivity index (χ0n) is 13.4. The van der Waals surface area contributed by atoms with E-state index in [2.05, 4.69) is 0 Å². The summed E-state index contributed by atoms with van der Waals surface area (Å²) in [6.45, 7) is 2.68. The third-order valence-corrected chi connectivity index (χ3v) is 6.51. The van der Waals surface area contributed by atoms with Crippen molar-refractivity contribution in [2.75, 3.05) is 44.3 Å². The van der Waals surface area contributed by atoms with Crippen molar-refractivity contribution in [2.45, 2.75) is 12.5 Å². The molecule has 2 aliphatic rings. The second-order valence-corrected chi connectivity index (χ2v) is 8.61. The van der Waals surface area contributed by atoms with E-state index < -0.39 is 9.84 Å². The molecular formula is C16H22FN2O4S+. The fourth-order valence-corrected chi connectivity index (χ4v) is 5.16. The first kappa shape index (κ1) is 17.2. The highest BCUT2D eigenvalue weighted by Gasteiger charge is 2.37. The van der Waals surface area contributed by atoms with E-state index in [9.17, 15) is 17.6 Å². The largest absolute Gasteiger partial charge is 0.484 e.